The molecule has 0 radical (unpaired) electrons. The van der Waals surface area contributed by atoms with Gasteiger partial charge in [0.2, 0.25) is 16.8 Å². The normalized spacial score (nSPS) is 15.8. The highest BCUT2D eigenvalue weighted by molar-refractivity contribution is 7.89. The van der Waals surface area contributed by atoms with Gasteiger partial charge < -0.3 is 9.47 Å². The SMILES string of the molecule is CCC(C)c1ccc(S(=O)(=O)NC(C)c2ccc3c(c2)OCO3)cc1. The van der Waals surface area contributed by atoms with Crippen LogP contribution in [0.2, 0.25) is 0 Å². The van der Waals surface area contributed by atoms with Crippen LogP contribution in [0.5, 0.6) is 11.5 Å². The van der Waals surface area contributed by atoms with E-state index in [1.165, 1.54) is 0 Å². The van der Waals surface area contributed by atoms with Crippen LogP contribution in [0.1, 0.15) is 50.3 Å². The molecule has 1 N–H and O–H groups in total. The summed E-state index contributed by atoms with van der Waals surface area (Å²) in [6.07, 6.45) is 1.02. The summed E-state index contributed by atoms with van der Waals surface area (Å²) in [5.41, 5.74) is 1.97. The van der Waals surface area contributed by atoms with Gasteiger partial charge in [0.25, 0.3) is 0 Å². The molecular formula is C19H23NO4S. The summed E-state index contributed by atoms with van der Waals surface area (Å²) < 4.78 is 38.6. The zero-order valence-corrected chi connectivity index (χ0v) is 15.5. The van der Waals surface area contributed by atoms with Crippen LogP contribution in [0, 0.1) is 0 Å². The Morgan fingerprint density at radius 3 is 2.32 bits per heavy atom. The van der Waals surface area contributed by atoms with Gasteiger partial charge in [0.15, 0.2) is 11.5 Å². The van der Waals surface area contributed by atoms with Crippen molar-refractivity contribution in [2.75, 3.05) is 6.79 Å². The summed E-state index contributed by atoms with van der Waals surface area (Å²) in [6, 6.07) is 12.2. The molecule has 2 aromatic carbocycles. The van der Waals surface area contributed by atoms with E-state index in [0.717, 1.165) is 17.5 Å². The second-order valence-corrected chi connectivity index (χ2v) is 8.05. The van der Waals surface area contributed by atoms with Crippen molar-refractivity contribution in [1.82, 2.24) is 4.72 Å². The molecule has 0 aromatic heterocycles. The molecule has 0 amide bonds. The second-order valence-electron chi connectivity index (χ2n) is 6.33. The van der Waals surface area contributed by atoms with Crippen molar-refractivity contribution in [2.45, 2.75) is 44.0 Å². The van der Waals surface area contributed by atoms with Crippen LogP contribution in [-0.2, 0) is 10.0 Å². The summed E-state index contributed by atoms with van der Waals surface area (Å²) in [7, 11) is -3.59. The van der Waals surface area contributed by atoms with Crippen LogP contribution >= 0.6 is 0 Å². The third-order valence-electron chi connectivity index (χ3n) is 4.60. The first-order valence-electron chi connectivity index (χ1n) is 8.42. The largest absolute Gasteiger partial charge is 0.454 e. The Morgan fingerprint density at radius 1 is 1.00 bits per heavy atom. The van der Waals surface area contributed by atoms with Crippen molar-refractivity contribution < 1.29 is 17.9 Å². The van der Waals surface area contributed by atoms with E-state index >= 15 is 0 Å². The average Bonchev–Trinajstić information content (AvgIpc) is 3.08. The van der Waals surface area contributed by atoms with E-state index in [2.05, 4.69) is 18.6 Å². The summed E-state index contributed by atoms with van der Waals surface area (Å²) in [6.45, 7) is 6.25. The maximum Gasteiger partial charge on any atom is 0.241 e. The lowest BCUT2D eigenvalue weighted by Gasteiger charge is -2.16. The molecule has 1 heterocycles. The number of benzene rings is 2. The lowest BCUT2D eigenvalue weighted by atomic mass is 9.99. The van der Waals surface area contributed by atoms with E-state index in [4.69, 9.17) is 9.47 Å². The van der Waals surface area contributed by atoms with Crippen molar-refractivity contribution in [3.63, 3.8) is 0 Å². The molecular weight excluding hydrogens is 338 g/mol. The van der Waals surface area contributed by atoms with Gasteiger partial charge in [-0.2, -0.15) is 0 Å². The number of sulfonamides is 1. The minimum atomic E-state index is -3.59. The highest BCUT2D eigenvalue weighted by Crippen LogP contribution is 2.34. The fourth-order valence-corrected chi connectivity index (χ4v) is 3.99. The minimum Gasteiger partial charge on any atom is -0.454 e. The standard InChI is InChI=1S/C19H23NO4S/c1-4-13(2)15-5-8-17(9-6-15)25(21,22)20-14(3)16-7-10-18-19(11-16)24-12-23-18/h5-11,13-14,20H,4,12H2,1-3H3. The number of hydrogen-bond donors (Lipinski definition) is 1. The van der Waals surface area contributed by atoms with Gasteiger partial charge in [-0.3, -0.25) is 0 Å². The van der Waals surface area contributed by atoms with Crippen molar-refractivity contribution in [3.05, 3.63) is 53.6 Å². The van der Waals surface area contributed by atoms with Crippen molar-refractivity contribution in [3.8, 4) is 11.5 Å². The minimum absolute atomic E-state index is 0.196. The summed E-state index contributed by atoms with van der Waals surface area (Å²) in [5.74, 6) is 1.73. The van der Waals surface area contributed by atoms with Crippen LogP contribution in [0.15, 0.2) is 47.4 Å². The molecule has 0 fully saturated rings. The molecule has 0 saturated carbocycles. The molecule has 6 heteroatoms. The predicted octanol–water partition coefficient (Wildman–Crippen LogP) is 3.97. The van der Waals surface area contributed by atoms with E-state index < -0.39 is 10.0 Å². The highest BCUT2D eigenvalue weighted by Gasteiger charge is 2.21. The van der Waals surface area contributed by atoms with Crippen molar-refractivity contribution >= 4 is 10.0 Å². The fraction of sp³-hybridized carbons (Fsp3) is 0.368. The molecule has 0 spiro atoms. The summed E-state index contributed by atoms with van der Waals surface area (Å²) in [5, 5.41) is 0. The average molecular weight is 361 g/mol. The van der Waals surface area contributed by atoms with E-state index in [0.29, 0.717) is 17.4 Å². The Labute approximate surface area is 149 Å². The number of rotatable bonds is 6. The van der Waals surface area contributed by atoms with Gasteiger partial charge in [-0.25, -0.2) is 13.1 Å². The van der Waals surface area contributed by atoms with Gasteiger partial charge in [-0.05, 0) is 54.7 Å². The maximum atomic E-state index is 12.6. The molecule has 3 rings (SSSR count). The van der Waals surface area contributed by atoms with E-state index in [-0.39, 0.29) is 17.7 Å². The van der Waals surface area contributed by atoms with Crippen LogP contribution in [0.3, 0.4) is 0 Å². The summed E-state index contributed by atoms with van der Waals surface area (Å²) >= 11 is 0. The smallest absolute Gasteiger partial charge is 0.241 e. The summed E-state index contributed by atoms with van der Waals surface area (Å²) in [4.78, 5) is 0.271. The Kier molecular flexibility index (Phi) is 5.01. The Bertz CT molecular complexity index is 846. The molecule has 0 aliphatic carbocycles. The molecule has 134 valence electrons. The van der Waals surface area contributed by atoms with Crippen molar-refractivity contribution in [2.24, 2.45) is 0 Å². The lowest BCUT2D eigenvalue weighted by molar-refractivity contribution is 0.174. The molecule has 0 bridgehead atoms. The number of fused-ring (bicyclic) bond motifs is 1. The van der Waals surface area contributed by atoms with Crippen LogP contribution < -0.4 is 14.2 Å². The number of nitrogens with one attached hydrogen (secondary N) is 1. The highest BCUT2D eigenvalue weighted by atomic mass is 32.2. The van der Waals surface area contributed by atoms with Gasteiger partial charge in [-0.1, -0.05) is 32.0 Å². The first-order chi connectivity index (χ1) is 11.9. The molecule has 1 aliphatic heterocycles. The maximum absolute atomic E-state index is 12.6. The molecule has 2 aromatic rings. The molecule has 2 unspecified atom stereocenters. The first kappa shape index (κ1) is 17.8. The second kappa shape index (κ2) is 7.06. The number of ether oxygens (including phenoxy) is 2. The monoisotopic (exact) mass is 361 g/mol. The van der Waals surface area contributed by atoms with Gasteiger partial charge >= 0.3 is 0 Å². The molecule has 0 saturated heterocycles. The van der Waals surface area contributed by atoms with Gasteiger partial charge in [0, 0.05) is 6.04 Å². The van der Waals surface area contributed by atoms with Crippen LogP contribution in [0.25, 0.3) is 0 Å². The van der Waals surface area contributed by atoms with Crippen LogP contribution in [-0.4, -0.2) is 15.2 Å². The van der Waals surface area contributed by atoms with Crippen LogP contribution in [0.4, 0.5) is 0 Å². The molecule has 5 nitrogen and oxygen atoms in total. The first-order valence-corrected chi connectivity index (χ1v) is 9.91. The predicted molar refractivity (Wildman–Crippen MR) is 96.4 cm³/mol. The van der Waals surface area contributed by atoms with E-state index in [9.17, 15) is 8.42 Å². The van der Waals surface area contributed by atoms with E-state index in [1.54, 1.807) is 18.2 Å². The van der Waals surface area contributed by atoms with Gasteiger partial charge in [0.05, 0.1) is 4.90 Å². The van der Waals surface area contributed by atoms with Gasteiger partial charge in [-0.15, -0.1) is 0 Å². The molecule has 25 heavy (non-hydrogen) atoms. The quantitative estimate of drug-likeness (QED) is 0.845. The zero-order chi connectivity index (χ0) is 18.0. The Hall–Kier alpha value is -2.05. The Balaban J connectivity index is 1.76. The zero-order valence-electron chi connectivity index (χ0n) is 14.7. The third-order valence-corrected chi connectivity index (χ3v) is 6.16. The molecule has 2 atom stereocenters. The molecule has 1 aliphatic rings. The Morgan fingerprint density at radius 2 is 1.64 bits per heavy atom. The van der Waals surface area contributed by atoms with Crippen molar-refractivity contribution in [1.29, 1.82) is 0 Å². The van der Waals surface area contributed by atoms with E-state index in [1.807, 2.05) is 31.2 Å². The fourth-order valence-electron chi connectivity index (χ4n) is 2.76. The lowest BCUT2D eigenvalue weighted by Crippen LogP contribution is -2.26. The topological polar surface area (TPSA) is 64.6 Å². The number of hydrogen-bond acceptors (Lipinski definition) is 4. The third kappa shape index (κ3) is 3.80. The van der Waals surface area contributed by atoms with Gasteiger partial charge in [0.1, 0.15) is 0 Å².